The highest BCUT2D eigenvalue weighted by molar-refractivity contribution is 5.79. The van der Waals surface area contributed by atoms with Gasteiger partial charge in [-0.3, -0.25) is 0 Å². The molecular formula is C13H24N2O4. The van der Waals surface area contributed by atoms with E-state index in [0.717, 1.165) is 32.6 Å². The first kappa shape index (κ1) is 15.8. The summed E-state index contributed by atoms with van der Waals surface area (Å²) in [6.45, 7) is 0.853. The minimum atomic E-state index is -1.93. The number of amides is 2. The first-order valence-corrected chi connectivity index (χ1v) is 6.92. The number of hydrogen-bond donors (Lipinski definition) is 4. The zero-order chi connectivity index (χ0) is 14.3. The van der Waals surface area contributed by atoms with Gasteiger partial charge in [0.1, 0.15) is 0 Å². The van der Waals surface area contributed by atoms with E-state index in [1.54, 1.807) is 0 Å². The normalized spacial score (nSPS) is 20.7. The third-order valence-corrected chi connectivity index (χ3v) is 3.49. The van der Waals surface area contributed by atoms with Gasteiger partial charge >= 0.3 is 12.0 Å². The van der Waals surface area contributed by atoms with Gasteiger partial charge in [-0.25, -0.2) is 9.59 Å². The Morgan fingerprint density at radius 3 is 2.21 bits per heavy atom. The van der Waals surface area contributed by atoms with Crippen molar-refractivity contribution in [3.63, 3.8) is 0 Å². The summed E-state index contributed by atoms with van der Waals surface area (Å²) >= 11 is 0. The molecule has 19 heavy (non-hydrogen) atoms. The molecule has 1 saturated carbocycles. The van der Waals surface area contributed by atoms with Crippen molar-refractivity contribution in [2.45, 2.75) is 63.5 Å². The van der Waals surface area contributed by atoms with Crippen molar-refractivity contribution in [2.75, 3.05) is 6.54 Å². The smallest absolute Gasteiger partial charge is 0.337 e. The summed E-state index contributed by atoms with van der Waals surface area (Å²) in [5.41, 5.74) is -1.93. The van der Waals surface area contributed by atoms with Gasteiger partial charge in [0.25, 0.3) is 0 Å². The Balaban J connectivity index is 2.31. The van der Waals surface area contributed by atoms with Gasteiger partial charge in [0.05, 0.1) is 6.54 Å². The van der Waals surface area contributed by atoms with Gasteiger partial charge in [0, 0.05) is 6.04 Å². The molecular weight excluding hydrogens is 248 g/mol. The Kier molecular flexibility index (Phi) is 6.08. The van der Waals surface area contributed by atoms with E-state index in [2.05, 4.69) is 10.6 Å². The second-order valence-electron chi connectivity index (χ2n) is 5.45. The first-order chi connectivity index (χ1) is 8.92. The standard InChI is InChI=1S/C13H24N2O4/c1-13(19,11(16)17)9-14-12(18)15-10-7-5-3-2-4-6-8-10/h10,19H,2-9H2,1H3,(H,16,17)(H2,14,15,18). The molecule has 1 fully saturated rings. The van der Waals surface area contributed by atoms with Crippen LogP contribution in [0.2, 0.25) is 0 Å². The largest absolute Gasteiger partial charge is 0.479 e. The van der Waals surface area contributed by atoms with E-state index < -0.39 is 17.6 Å². The number of aliphatic hydroxyl groups is 1. The van der Waals surface area contributed by atoms with Crippen LogP contribution in [0.4, 0.5) is 4.79 Å². The number of urea groups is 1. The molecule has 0 saturated heterocycles. The van der Waals surface area contributed by atoms with Crippen LogP contribution in [0.25, 0.3) is 0 Å². The number of carboxylic acid groups (broad SMARTS) is 1. The van der Waals surface area contributed by atoms with E-state index in [0.29, 0.717) is 0 Å². The van der Waals surface area contributed by atoms with Gasteiger partial charge in [-0.2, -0.15) is 0 Å². The van der Waals surface area contributed by atoms with Crippen molar-refractivity contribution in [1.29, 1.82) is 0 Å². The monoisotopic (exact) mass is 272 g/mol. The van der Waals surface area contributed by atoms with Crippen LogP contribution in [0.1, 0.15) is 51.9 Å². The van der Waals surface area contributed by atoms with Gasteiger partial charge in [-0.1, -0.05) is 32.1 Å². The molecule has 0 radical (unpaired) electrons. The Morgan fingerprint density at radius 2 is 1.68 bits per heavy atom. The summed E-state index contributed by atoms with van der Waals surface area (Å²) in [7, 11) is 0. The SMILES string of the molecule is CC(O)(CNC(=O)NC1CCCCCCC1)C(=O)O. The third-order valence-electron chi connectivity index (χ3n) is 3.49. The van der Waals surface area contributed by atoms with Gasteiger partial charge in [-0.15, -0.1) is 0 Å². The Hall–Kier alpha value is -1.30. The zero-order valence-corrected chi connectivity index (χ0v) is 11.4. The second-order valence-corrected chi connectivity index (χ2v) is 5.45. The van der Waals surface area contributed by atoms with Crippen molar-refractivity contribution >= 4 is 12.0 Å². The van der Waals surface area contributed by atoms with Crippen LogP contribution in [0.15, 0.2) is 0 Å². The molecule has 4 N–H and O–H groups in total. The van der Waals surface area contributed by atoms with Crippen LogP contribution >= 0.6 is 0 Å². The third kappa shape index (κ3) is 5.92. The molecule has 1 unspecified atom stereocenters. The molecule has 1 aliphatic carbocycles. The maximum atomic E-state index is 11.7. The van der Waals surface area contributed by atoms with Crippen LogP contribution in [-0.4, -0.2) is 40.4 Å². The van der Waals surface area contributed by atoms with Crippen LogP contribution in [0, 0.1) is 0 Å². The van der Waals surface area contributed by atoms with Crippen LogP contribution in [0.3, 0.4) is 0 Å². The van der Waals surface area contributed by atoms with E-state index in [1.165, 1.54) is 19.3 Å². The summed E-state index contributed by atoms with van der Waals surface area (Å²) in [5.74, 6) is -1.35. The number of carbonyl (C=O) groups excluding carboxylic acids is 1. The van der Waals surface area contributed by atoms with Gasteiger partial charge in [0.15, 0.2) is 5.60 Å². The molecule has 0 aromatic carbocycles. The fourth-order valence-corrected chi connectivity index (χ4v) is 2.16. The summed E-state index contributed by atoms with van der Waals surface area (Å²) in [6, 6.07) is -0.262. The van der Waals surface area contributed by atoms with E-state index in [-0.39, 0.29) is 12.6 Å². The first-order valence-electron chi connectivity index (χ1n) is 6.92. The summed E-state index contributed by atoms with van der Waals surface area (Å²) in [5, 5.41) is 23.5. The molecule has 0 heterocycles. The van der Waals surface area contributed by atoms with Crippen LogP contribution in [-0.2, 0) is 4.79 Å². The lowest BCUT2D eigenvalue weighted by Gasteiger charge is -2.23. The molecule has 0 bridgehead atoms. The lowest BCUT2D eigenvalue weighted by Crippen LogP contribution is -2.50. The van der Waals surface area contributed by atoms with Crippen molar-refractivity contribution < 1.29 is 19.8 Å². The molecule has 0 aromatic rings. The molecule has 1 atom stereocenters. The Bertz CT molecular complexity index is 310. The summed E-state index contributed by atoms with van der Waals surface area (Å²) in [4.78, 5) is 22.3. The number of hydrogen-bond acceptors (Lipinski definition) is 3. The number of carbonyl (C=O) groups is 2. The van der Waals surface area contributed by atoms with Crippen molar-refractivity contribution in [3.05, 3.63) is 0 Å². The molecule has 1 aliphatic rings. The molecule has 0 aliphatic heterocycles. The maximum Gasteiger partial charge on any atom is 0.337 e. The van der Waals surface area contributed by atoms with Crippen LogP contribution in [0.5, 0.6) is 0 Å². The number of rotatable bonds is 4. The van der Waals surface area contributed by atoms with Gasteiger partial charge in [-0.05, 0) is 19.8 Å². The van der Waals surface area contributed by atoms with Crippen molar-refractivity contribution in [3.8, 4) is 0 Å². The van der Waals surface area contributed by atoms with Crippen molar-refractivity contribution in [1.82, 2.24) is 10.6 Å². The average molecular weight is 272 g/mol. The molecule has 110 valence electrons. The van der Waals surface area contributed by atoms with E-state index in [9.17, 15) is 14.7 Å². The molecule has 6 heteroatoms. The fourth-order valence-electron chi connectivity index (χ4n) is 2.16. The average Bonchev–Trinajstić information content (AvgIpc) is 2.30. The van der Waals surface area contributed by atoms with Crippen molar-refractivity contribution in [2.24, 2.45) is 0 Å². The summed E-state index contributed by atoms with van der Waals surface area (Å²) in [6.07, 6.45) is 7.81. The predicted molar refractivity (Wildman–Crippen MR) is 70.9 cm³/mol. The quantitative estimate of drug-likeness (QED) is 0.618. The minimum Gasteiger partial charge on any atom is -0.479 e. The summed E-state index contributed by atoms with van der Waals surface area (Å²) < 4.78 is 0. The Morgan fingerprint density at radius 1 is 1.16 bits per heavy atom. The maximum absolute atomic E-state index is 11.7. The topological polar surface area (TPSA) is 98.7 Å². The highest BCUT2D eigenvalue weighted by Gasteiger charge is 2.30. The highest BCUT2D eigenvalue weighted by atomic mass is 16.4. The number of carboxylic acids is 1. The molecule has 6 nitrogen and oxygen atoms in total. The fraction of sp³-hybridized carbons (Fsp3) is 0.846. The van der Waals surface area contributed by atoms with E-state index >= 15 is 0 Å². The molecule has 1 rings (SSSR count). The zero-order valence-electron chi connectivity index (χ0n) is 11.4. The van der Waals surface area contributed by atoms with Crippen LogP contribution < -0.4 is 10.6 Å². The molecule has 0 aromatic heterocycles. The lowest BCUT2D eigenvalue weighted by molar-refractivity contribution is -0.155. The lowest BCUT2D eigenvalue weighted by atomic mass is 9.97. The van der Waals surface area contributed by atoms with Gasteiger partial charge in [0.2, 0.25) is 0 Å². The van der Waals surface area contributed by atoms with E-state index in [4.69, 9.17) is 5.11 Å². The van der Waals surface area contributed by atoms with Gasteiger partial charge < -0.3 is 20.8 Å². The Labute approximate surface area is 113 Å². The highest BCUT2D eigenvalue weighted by Crippen LogP contribution is 2.16. The second kappa shape index (κ2) is 7.33. The molecule has 2 amide bonds. The number of nitrogens with one attached hydrogen (secondary N) is 2. The number of aliphatic carboxylic acids is 1. The van der Waals surface area contributed by atoms with E-state index in [1.807, 2.05) is 0 Å². The molecule has 0 spiro atoms. The predicted octanol–water partition coefficient (Wildman–Crippen LogP) is 1.23. The minimum absolute atomic E-state index is 0.148.